The number of amides is 1. The molecule has 2 fully saturated rings. The van der Waals surface area contributed by atoms with Crippen LogP contribution in [0.3, 0.4) is 0 Å². The van der Waals surface area contributed by atoms with Crippen molar-refractivity contribution in [1.82, 2.24) is 10.6 Å². The summed E-state index contributed by atoms with van der Waals surface area (Å²) in [6, 6.07) is 10.2. The number of hydrogen-bond donors (Lipinski definition) is 2. The molecule has 0 spiro atoms. The topological polar surface area (TPSA) is 59.6 Å². The summed E-state index contributed by atoms with van der Waals surface area (Å²) >= 11 is 0. The Kier molecular flexibility index (Phi) is 6.84. The molecule has 0 radical (unpaired) electrons. The molecule has 3 rings (SSSR count). The molecule has 0 aromatic heterocycles. The van der Waals surface area contributed by atoms with E-state index in [-0.39, 0.29) is 30.1 Å². The quantitative estimate of drug-likeness (QED) is 0.831. The first-order valence-electron chi connectivity index (χ1n) is 9.53. The predicted octanol–water partition coefficient (Wildman–Crippen LogP) is 2.43. The molecule has 2 aliphatic heterocycles. The number of ether oxygens (including phenoxy) is 2. The van der Waals surface area contributed by atoms with Gasteiger partial charge in [0.05, 0.1) is 12.1 Å². The smallest absolute Gasteiger partial charge is 0.223 e. The van der Waals surface area contributed by atoms with Crippen LogP contribution in [0.1, 0.15) is 44.3 Å². The van der Waals surface area contributed by atoms with Gasteiger partial charge in [-0.25, -0.2) is 0 Å². The minimum Gasteiger partial charge on any atom is -0.381 e. The first-order valence-corrected chi connectivity index (χ1v) is 9.53. The zero-order valence-electron chi connectivity index (χ0n) is 15.1. The fourth-order valence-electron chi connectivity index (χ4n) is 3.65. The number of hydrogen-bond acceptors (Lipinski definition) is 4. The maximum Gasteiger partial charge on any atom is 0.223 e. The average molecular weight is 346 g/mol. The lowest BCUT2D eigenvalue weighted by Gasteiger charge is -2.33. The zero-order chi connectivity index (χ0) is 17.5. The average Bonchev–Trinajstić information content (AvgIpc) is 2.68. The monoisotopic (exact) mass is 346 g/mol. The van der Waals surface area contributed by atoms with E-state index in [1.54, 1.807) is 0 Å². The van der Waals surface area contributed by atoms with Crippen molar-refractivity contribution in [3.63, 3.8) is 0 Å². The summed E-state index contributed by atoms with van der Waals surface area (Å²) in [5.74, 6) is 0.272. The molecular weight excluding hydrogens is 316 g/mol. The third kappa shape index (κ3) is 5.27. The Hall–Kier alpha value is -1.43. The molecule has 1 aromatic rings. The van der Waals surface area contributed by atoms with Gasteiger partial charge in [-0.15, -0.1) is 0 Å². The van der Waals surface area contributed by atoms with Gasteiger partial charge >= 0.3 is 0 Å². The van der Waals surface area contributed by atoms with E-state index in [9.17, 15) is 4.79 Å². The van der Waals surface area contributed by atoms with Crippen LogP contribution in [0, 0.1) is 5.92 Å². The fraction of sp³-hybridized carbons (Fsp3) is 0.650. The summed E-state index contributed by atoms with van der Waals surface area (Å²) in [6.45, 7) is 5.40. The third-order valence-corrected chi connectivity index (χ3v) is 5.17. The van der Waals surface area contributed by atoms with Crippen LogP contribution in [-0.4, -0.2) is 44.4 Å². The van der Waals surface area contributed by atoms with Crippen LogP contribution in [0.4, 0.5) is 0 Å². The highest BCUT2D eigenvalue weighted by Crippen LogP contribution is 2.27. The molecule has 2 heterocycles. The van der Waals surface area contributed by atoms with Crippen molar-refractivity contribution in [2.75, 3.05) is 26.3 Å². The van der Waals surface area contributed by atoms with Crippen LogP contribution in [0.2, 0.25) is 0 Å². The Morgan fingerprint density at radius 1 is 1.16 bits per heavy atom. The summed E-state index contributed by atoms with van der Waals surface area (Å²) in [4.78, 5) is 12.6. The first kappa shape index (κ1) is 18.4. The predicted molar refractivity (Wildman–Crippen MR) is 97.3 cm³/mol. The normalized spacial score (nSPS) is 22.3. The van der Waals surface area contributed by atoms with Gasteiger partial charge in [0.25, 0.3) is 0 Å². The largest absolute Gasteiger partial charge is 0.381 e. The van der Waals surface area contributed by atoms with Crippen LogP contribution < -0.4 is 10.6 Å². The summed E-state index contributed by atoms with van der Waals surface area (Å²) in [5, 5.41) is 6.52. The number of piperidine rings is 1. The van der Waals surface area contributed by atoms with Crippen molar-refractivity contribution in [1.29, 1.82) is 0 Å². The maximum atomic E-state index is 12.6. The van der Waals surface area contributed by atoms with Gasteiger partial charge in [0.2, 0.25) is 5.91 Å². The van der Waals surface area contributed by atoms with E-state index < -0.39 is 0 Å². The lowest BCUT2D eigenvalue weighted by atomic mass is 9.96. The van der Waals surface area contributed by atoms with E-state index in [4.69, 9.17) is 9.47 Å². The standard InChI is InChI=1S/C20H30N2O3/c1-15(22-20(23)17-7-11-21-12-8-17)19(16-5-3-2-4-6-16)25-18-9-13-24-14-10-18/h2-6,15,17-19,21H,7-14H2,1H3,(H,22,23)/t15-,19-/m0/s1. The summed E-state index contributed by atoms with van der Waals surface area (Å²) < 4.78 is 11.9. The van der Waals surface area contributed by atoms with Crippen LogP contribution in [-0.2, 0) is 14.3 Å². The number of nitrogens with one attached hydrogen (secondary N) is 2. The summed E-state index contributed by atoms with van der Waals surface area (Å²) in [7, 11) is 0. The van der Waals surface area contributed by atoms with Crippen LogP contribution in [0.15, 0.2) is 30.3 Å². The molecule has 2 saturated heterocycles. The Balaban J connectivity index is 1.65. The van der Waals surface area contributed by atoms with Crippen LogP contribution in [0.25, 0.3) is 0 Å². The summed E-state index contributed by atoms with van der Waals surface area (Å²) in [5.41, 5.74) is 1.12. The van der Waals surface area contributed by atoms with Gasteiger partial charge in [-0.3, -0.25) is 4.79 Å². The maximum absolute atomic E-state index is 12.6. The third-order valence-electron chi connectivity index (χ3n) is 5.17. The first-order chi connectivity index (χ1) is 12.2. The van der Waals surface area contributed by atoms with Gasteiger partial charge in [0.15, 0.2) is 0 Å². The molecule has 1 amide bonds. The van der Waals surface area contributed by atoms with E-state index in [0.717, 1.165) is 57.6 Å². The highest BCUT2D eigenvalue weighted by molar-refractivity contribution is 5.79. The van der Waals surface area contributed by atoms with Crippen molar-refractivity contribution in [3.05, 3.63) is 35.9 Å². The SMILES string of the molecule is C[C@H](NC(=O)C1CCNCC1)[C@H](OC1CCOCC1)c1ccccc1. The van der Waals surface area contributed by atoms with E-state index in [0.29, 0.717) is 0 Å². The molecule has 0 aliphatic carbocycles. The number of benzene rings is 1. The second-order valence-electron chi connectivity index (χ2n) is 7.10. The molecule has 5 heteroatoms. The Labute approximate surface area is 150 Å². The second kappa shape index (κ2) is 9.32. The number of carbonyl (C=O) groups excluding carboxylic acids is 1. The fourth-order valence-corrected chi connectivity index (χ4v) is 3.65. The van der Waals surface area contributed by atoms with Crippen molar-refractivity contribution >= 4 is 5.91 Å². The Morgan fingerprint density at radius 2 is 1.84 bits per heavy atom. The zero-order valence-corrected chi connectivity index (χ0v) is 15.1. The molecule has 138 valence electrons. The van der Waals surface area contributed by atoms with E-state index >= 15 is 0 Å². The summed E-state index contributed by atoms with van der Waals surface area (Å²) in [6.07, 6.45) is 3.72. The minimum absolute atomic E-state index is 0.0624. The van der Waals surface area contributed by atoms with Gasteiger partial charge in [-0.2, -0.15) is 0 Å². The molecule has 25 heavy (non-hydrogen) atoms. The van der Waals surface area contributed by atoms with Crippen molar-refractivity contribution in [3.8, 4) is 0 Å². The molecule has 1 aromatic carbocycles. The van der Waals surface area contributed by atoms with Crippen LogP contribution in [0.5, 0.6) is 0 Å². The number of rotatable bonds is 6. The molecule has 0 unspecified atom stereocenters. The molecule has 5 nitrogen and oxygen atoms in total. The Bertz CT molecular complexity index is 525. The molecule has 0 saturated carbocycles. The minimum atomic E-state index is -0.130. The van der Waals surface area contributed by atoms with Crippen LogP contribution >= 0.6 is 0 Å². The van der Waals surface area contributed by atoms with Crippen molar-refractivity contribution < 1.29 is 14.3 Å². The van der Waals surface area contributed by atoms with Gasteiger partial charge < -0.3 is 20.1 Å². The van der Waals surface area contributed by atoms with Crippen molar-refractivity contribution in [2.24, 2.45) is 5.92 Å². The van der Waals surface area contributed by atoms with Gasteiger partial charge in [0.1, 0.15) is 6.10 Å². The molecular formula is C20H30N2O3. The molecule has 2 aliphatic rings. The molecule has 0 bridgehead atoms. The highest BCUT2D eigenvalue weighted by atomic mass is 16.5. The van der Waals surface area contributed by atoms with Gasteiger partial charge in [-0.1, -0.05) is 30.3 Å². The van der Waals surface area contributed by atoms with Gasteiger partial charge in [-0.05, 0) is 51.3 Å². The second-order valence-corrected chi connectivity index (χ2v) is 7.10. The Morgan fingerprint density at radius 3 is 2.52 bits per heavy atom. The van der Waals surface area contributed by atoms with E-state index in [1.165, 1.54) is 0 Å². The van der Waals surface area contributed by atoms with E-state index in [1.807, 2.05) is 18.2 Å². The lowest BCUT2D eigenvalue weighted by Crippen LogP contribution is -2.45. The molecule has 2 N–H and O–H groups in total. The number of carbonyl (C=O) groups is 1. The van der Waals surface area contributed by atoms with E-state index in [2.05, 4.69) is 29.7 Å². The highest BCUT2D eigenvalue weighted by Gasteiger charge is 2.29. The lowest BCUT2D eigenvalue weighted by molar-refractivity contribution is -0.129. The van der Waals surface area contributed by atoms with Gasteiger partial charge in [0, 0.05) is 19.1 Å². The molecule has 2 atom stereocenters. The van der Waals surface area contributed by atoms with Crippen molar-refractivity contribution in [2.45, 2.75) is 50.9 Å².